The maximum atomic E-state index is 12.3. The van der Waals surface area contributed by atoms with Crippen LogP contribution < -0.4 is 5.56 Å². The van der Waals surface area contributed by atoms with Gasteiger partial charge in [-0.05, 0) is 31.4 Å². The van der Waals surface area contributed by atoms with Crippen molar-refractivity contribution < 1.29 is 9.53 Å². The molecule has 5 nitrogen and oxygen atoms in total. The summed E-state index contributed by atoms with van der Waals surface area (Å²) in [6, 6.07) is 3.29. The average Bonchev–Trinajstić information content (AvgIpc) is 2.86. The van der Waals surface area contributed by atoms with Gasteiger partial charge in [0.1, 0.15) is 5.65 Å². The van der Waals surface area contributed by atoms with Crippen LogP contribution in [0, 0.1) is 0 Å². The van der Waals surface area contributed by atoms with E-state index in [1.807, 2.05) is 0 Å². The standard InChI is InChI=1S/C13H12N2O3/c1-18-13(17)8-5-6-11-14-10-4-2-3-9(10)12(16)15(11)7-8/h5-7H,2-4H2,1H3. The molecular formula is C13H12N2O3. The van der Waals surface area contributed by atoms with Crippen molar-refractivity contribution in [1.82, 2.24) is 9.38 Å². The molecule has 0 saturated heterocycles. The van der Waals surface area contributed by atoms with Gasteiger partial charge in [0.2, 0.25) is 0 Å². The van der Waals surface area contributed by atoms with Gasteiger partial charge in [0.05, 0.1) is 18.4 Å². The predicted octanol–water partition coefficient (Wildman–Crippen LogP) is 0.970. The summed E-state index contributed by atoms with van der Waals surface area (Å²) in [6.07, 6.45) is 4.10. The number of hydrogen-bond acceptors (Lipinski definition) is 4. The van der Waals surface area contributed by atoms with Crippen molar-refractivity contribution in [3.05, 3.63) is 45.5 Å². The second-order valence-electron chi connectivity index (χ2n) is 4.33. The summed E-state index contributed by atoms with van der Waals surface area (Å²) in [7, 11) is 1.32. The van der Waals surface area contributed by atoms with E-state index in [0.29, 0.717) is 11.2 Å². The van der Waals surface area contributed by atoms with Crippen molar-refractivity contribution >= 4 is 11.6 Å². The highest BCUT2D eigenvalue weighted by Crippen LogP contribution is 2.17. The molecular weight excluding hydrogens is 232 g/mol. The summed E-state index contributed by atoms with van der Waals surface area (Å²) in [6.45, 7) is 0. The molecule has 1 aliphatic rings. The molecule has 18 heavy (non-hydrogen) atoms. The van der Waals surface area contributed by atoms with Crippen LogP contribution in [0.15, 0.2) is 23.1 Å². The van der Waals surface area contributed by atoms with E-state index in [4.69, 9.17) is 0 Å². The Morgan fingerprint density at radius 3 is 3.00 bits per heavy atom. The van der Waals surface area contributed by atoms with Crippen molar-refractivity contribution in [2.45, 2.75) is 19.3 Å². The van der Waals surface area contributed by atoms with Gasteiger partial charge in [-0.15, -0.1) is 0 Å². The van der Waals surface area contributed by atoms with Gasteiger partial charge < -0.3 is 4.74 Å². The Morgan fingerprint density at radius 1 is 1.39 bits per heavy atom. The molecule has 1 aliphatic carbocycles. The number of carbonyl (C=O) groups is 1. The van der Waals surface area contributed by atoms with Crippen LogP contribution >= 0.6 is 0 Å². The normalized spacial score (nSPS) is 13.6. The Labute approximate surface area is 103 Å². The van der Waals surface area contributed by atoms with Crippen LogP contribution in [-0.4, -0.2) is 22.5 Å². The number of aryl methyl sites for hydroxylation is 1. The van der Waals surface area contributed by atoms with E-state index in [1.165, 1.54) is 17.7 Å². The molecule has 0 N–H and O–H groups in total. The lowest BCUT2D eigenvalue weighted by Crippen LogP contribution is -2.21. The lowest BCUT2D eigenvalue weighted by Gasteiger charge is -2.06. The molecule has 0 fully saturated rings. The molecule has 0 amide bonds. The van der Waals surface area contributed by atoms with Crippen LogP contribution in [0.3, 0.4) is 0 Å². The van der Waals surface area contributed by atoms with Crippen molar-refractivity contribution in [3.8, 4) is 0 Å². The number of rotatable bonds is 1. The Balaban J connectivity index is 2.28. The van der Waals surface area contributed by atoms with Gasteiger partial charge in [-0.25, -0.2) is 9.78 Å². The summed E-state index contributed by atoms with van der Waals surface area (Å²) in [5, 5.41) is 0. The molecule has 0 atom stereocenters. The van der Waals surface area contributed by atoms with E-state index in [9.17, 15) is 9.59 Å². The first kappa shape index (κ1) is 11.0. The highest BCUT2D eigenvalue weighted by molar-refractivity contribution is 5.89. The fourth-order valence-electron chi connectivity index (χ4n) is 2.35. The molecule has 2 heterocycles. The van der Waals surface area contributed by atoms with E-state index in [1.54, 1.807) is 12.1 Å². The van der Waals surface area contributed by atoms with Crippen molar-refractivity contribution in [2.24, 2.45) is 0 Å². The minimum Gasteiger partial charge on any atom is -0.465 e. The van der Waals surface area contributed by atoms with Crippen molar-refractivity contribution in [3.63, 3.8) is 0 Å². The molecule has 3 rings (SSSR count). The number of fused-ring (bicyclic) bond motifs is 2. The molecule has 0 saturated carbocycles. The molecule has 2 aromatic rings. The number of carbonyl (C=O) groups excluding carboxylic acids is 1. The largest absolute Gasteiger partial charge is 0.465 e. The van der Waals surface area contributed by atoms with E-state index < -0.39 is 5.97 Å². The smallest absolute Gasteiger partial charge is 0.339 e. The summed E-state index contributed by atoms with van der Waals surface area (Å²) < 4.78 is 6.07. The third kappa shape index (κ3) is 1.51. The quantitative estimate of drug-likeness (QED) is 0.701. The minimum absolute atomic E-state index is 0.0711. The van der Waals surface area contributed by atoms with E-state index in [0.717, 1.165) is 30.5 Å². The Bertz CT molecular complexity index is 703. The molecule has 5 heteroatoms. The Morgan fingerprint density at radius 2 is 2.22 bits per heavy atom. The zero-order valence-electron chi connectivity index (χ0n) is 9.97. The molecule has 0 aromatic carbocycles. The maximum Gasteiger partial charge on any atom is 0.339 e. The lowest BCUT2D eigenvalue weighted by atomic mass is 10.2. The first-order valence-corrected chi connectivity index (χ1v) is 5.83. The third-order valence-electron chi connectivity index (χ3n) is 3.26. The lowest BCUT2D eigenvalue weighted by molar-refractivity contribution is 0.0600. The Hall–Kier alpha value is -2.17. The van der Waals surface area contributed by atoms with E-state index >= 15 is 0 Å². The molecule has 0 spiro atoms. The van der Waals surface area contributed by atoms with Gasteiger partial charge in [-0.1, -0.05) is 0 Å². The summed E-state index contributed by atoms with van der Waals surface area (Å²) in [4.78, 5) is 28.2. The molecule has 2 aromatic heterocycles. The van der Waals surface area contributed by atoms with Gasteiger partial charge in [-0.3, -0.25) is 9.20 Å². The number of aromatic nitrogens is 2. The van der Waals surface area contributed by atoms with Crippen molar-refractivity contribution in [1.29, 1.82) is 0 Å². The van der Waals surface area contributed by atoms with Gasteiger partial charge in [0.25, 0.3) is 5.56 Å². The zero-order chi connectivity index (χ0) is 12.7. The third-order valence-corrected chi connectivity index (χ3v) is 3.26. The minimum atomic E-state index is -0.454. The second kappa shape index (κ2) is 3.94. The van der Waals surface area contributed by atoms with Crippen molar-refractivity contribution in [2.75, 3.05) is 7.11 Å². The second-order valence-corrected chi connectivity index (χ2v) is 4.33. The van der Waals surface area contributed by atoms with Crippen LogP contribution in [0.25, 0.3) is 5.65 Å². The highest BCUT2D eigenvalue weighted by Gasteiger charge is 2.18. The fraction of sp³-hybridized carbons (Fsp3) is 0.308. The predicted molar refractivity (Wildman–Crippen MR) is 64.8 cm³/mol. The number of hydrogen-bond donors (Lipinski definition) is 0. The van der Waals surface area contributed by atoms with Crippen LogP contribution in [0.1, 0.15) is 28.0 Å². The molecule has 0 unspecified atom stereocenters. The summed E-state index contributed by atoms with van der Waals surface area (Å²) in [5.74, 6) is -0.454. The van der Waals surface area contributed by atoms with Crippen LogP contribution in [0.4, 0.5) is 0 Å². The van der Waals surface area contributed by atoms with E-state index in [2.05, 4.69) is 9.72 Å². The highest BCUT2D eigenvalue weighted by atomic mass is 16.5. The van der Waals surface area contributed by atoms with Crippen LogP contribution in [0.2, 0.25) is 0 Å². The summed E-state index contributed by atoms with van der Waals surface area (Å²) in [5.41, 5.74) is 2.53. The van der Waals surface area contributed by atoms with Crippen LogP contribution in [-0.2, 0) is 17.6 Å². The SMILES string of the molecule is COC(=O)c1ccc2nc3c(c(=O)n2c1)CCC3. The number of methoxy groups -OCH3 is 1. The van der Waals surface area contributed by atoms with Gasteiger partial charge in [0.15, 0.2) is 0 Å². The molecule has 0 radical (unpaired) electrons. The fourth-order valence-corrected chi connectivity index (χ4v) is 2.35. The maximum absolute atomic E-state index is 12.3. The topological polar surface area (TPSA) is 60.7 Å². The number of pyridine rings is 1. The zero-order valence-corrected chi connectivity index (χ0v) is 9.97. The first-order valence-electron chi connectivity index (χ1n) is 5.83. The Kier molecular flexibility index (Phi) is 2.40. The van der Waals surface area contributed by atoms with Gasteiger partial charge >= 0.3 is 5.97 Å². The first-order chi connectivity index (χ1) is 8.70. The number of nitrogens with zero attached hydrogens (tertiary/aromatic N) is 2. The molecule has 0 aliphatic heterocycles. The molecule has 92 valence electrons. The average molecular weight is 244 g/mol. The van der Waals surface area contributed by atoms with Crippen LogP contribution in [0.5, 0.6) is 0 Å². The van der Waals surface area contributed by atoms with Gasteiger partial charge in [0, 0.05) is 11.8 Å². The number of ether oxygens (including phenoxy) is 1. The summed E-state index contributed by atoms with van der Waals surface area (Å²) >= 11 is 0. The number of esters is 1. The molecule has 0 bridgehead atoms. The monoisotopic (exact) mass is 244 g/mol. The van der Waals surface area contributed by atoms with E-state index in [-0.39, 0.29) is 5.56 Å². The van der Waals surface area contributed by atoms with Gasteiger partial charge in [-0.2, -0.15) is 0 Å².